The summed E-state index contributed by atoms with van der Waals surface area (Å²) >= 11 is 11.9. The molecule has 0 aliphatic rings. The standard InChI is InChI=1S/C14H9Cl2NO4/c15-12-2-1-3-14(11(12)7-18)21-8-9-4-5-10(17(19)20)6-13(9)16/h1-7H,8H2. The number of nitro groups is 1. The fraction of sp³-hybridized carbons (Fsp3) is 0.0714. The summed E-state index contributed by atoms with van der Waals surface area (Å²) in [5.74, 6) is 0.326. The molecule has 0 aliphatic carbocycles. The van der Waals surface area contributed by atoms with Gasteiger partial charge in [0.15, 0.2) is 6.29 Å². The maximum absolute atomic E-state index is 11.0. The quantitative estimate of drug-likeness (QED) is 0.467. The first-order valence-electron chi connectivity index (χ1n) is 5.82. The average Bonchev–Trinajstić information content (AvgIpc) is 2.45. The van der Waals surface area contributed by atoms with E-state index in [4.69, 9.17) is 27.9 Å². The zero-order valence-corrected chi connectivity index (χ0v) is 12.1. The highest BCUT2D eigenvalue weighted by Crippen LogP contribution is 2.27. The van der Waals surface area contributed by atoms with Gasteiger partial charge in [-0.2, -0.15) is 0 Å². The van der Waals surface area contributed by atoms with Crippen LogP contribution in [0.25, 0.3) is 0 Å². The second kappa shape index (κ2) is 6.56. The number of benzene rings is 2. The normalized spacial score (nSPS) is 10.2. The molecule has 0 N–H and O–H groups in total. The molecule has 0 heterocycles. The van der Waals surface area contributed by atoms with E-state index in [0.29, 0.717) is 17.6 Å². The van der Waals surface area contributed by atoms with Crippen molar-refractivity contribution in [1.82, 2.24) is 0 Å². The van der Waals surface area contributed by atoms with Crippen molar-refractivity contribution in [1.29, 1.82) is 0 Å². The first-order valence-corrected chi connectivity index (χ1v) is 6.58. The number of aldehydes is 1. The van der Waals surface area contributed by atoms with Gasteiger partial charge in [-0.3, -0.25) is 14.9 Å². The maximum Gasteiger partial charge on any atom is 0.270 e. The number of ether oxygens (including phenoxy) is 1. The van der Waals surface area contributed by atoms with Gasteiger partial charge in [0.2, 0.25) is 0 Å². The maximum atomic E-state index is 11.0. The Hall–Kier alpha value is -2.11. The lowest BCUT2D eigenvalue weighted by Gasteiger charge is -2.10. The lowest BCUT2D eigenvalue weighted by atomic mass is 10.2. The Morgan fingerprint density at radius 2 is 1.95 bits per heavy atom. The Bertz CT molecular complexity index is 703. The van der Waals surface area contributed by atoms with Crippen molar-refractivity contribution in [3.05, 3.63) is 67.7 Å². The highest BCUT2D eigenvalue weighted by atomic mass is 35.5. The molecule has 0 spiro atoms. The number of rotatable bonds is 5. The topological polar surface area (TPSA) is 69.4 Å². The van der Waals surface area contributed by atoms with Crippen molar-refractivity contribution >= 4 is 35.2 Å². The summed E-state index contributed by atoms with van der Waals surface area (Å²) in [5, 5.41) is 11.1. The van der Waals surface area contributed by atoms with E-state index in [9.17, 15) is 14.9 Å². The molecule has 0 saturated heterocycles. The van der Waals surface area contributed by atoms with Crippen LogP contribution in [0.1, 0.15) is 15.9 Å². The van der Waals surface area contributed by atoms with E-state index in [2.05, 4.69) is 0 Å². The van der Waals surface area contributed by atoms with E-state index in [-0.39, 0.29) is 27.9 Å². The van der Waals surface area contributed by atoms with E-state index in [1.165, 1.54) is 18.2 Å². The largest absolute Gasteiger partial charge is 0.488 e. The van der Waals surface area contributed by atoms with E-state index >= 15 is 0 Å². The highest BCUT2D eigenvalue weighted by molar-refractivity contribution is 6.33. The molecule has 5 nitrogen and oxygen atoms in total. The summed E-state index contributed by atoms with van der Waals surface area (Å²) in [6.07, 6.45) is 0.606. The van der Waals surface area contributed by atoms with Crippen LogP contribution >= 0.6 is 23.2 Å². The summed E-state index contributed by atoms with van der Waals surface area (Å²) in [6.45, 7) is 0.0675. The van der Waals surface area contributed by atoms with Crippen LogP contribution in [0.5, 0.6) is 5.75 Å². The molecular formula is C14H9Cl2NO4. The van der Waals surface area contributed by atoms with Crippen LogP contribution in [-0.4, -0.2) is 11.2 Å². The van der Waals surface area contributed by atoms with Gasteiger partial charge in [-0.25, -0.2) is 0 Å². The number of nitrogens with zero attached hydrogens (tertiary/aromatic N) is 1. The van der Waals surface area contributed by atoms with Crippen LogP contribution in [0.3, 0.4) is 0 Å². The van der Waals surface area contributed by atoms with Crippen LogP contribution in [0.15, 0.2) is 36.4 Å². The summed E-state index contributed by atoms with van der Waals surface area (Å²) in [4.78, 5) is 21.1. The number of carbonyl (C=O) groups excluding carboxylic acids is 1. The molecular weight excluding hydrogens is 317 g/mol. The Balaban J connectivity index is 2.19. The van der Waals surface area contributed by atoms with E-state index in [1.807, 2.05) is 0 Å². The first kappa shape index (κ1) is 15.3. The van der Waals surface area contributed by atoms with E-state index < -0.39 is 4.92 Å². The molecule has 21 heavy (non-hydrogen) atoms. The van der Waals surface area contributed by atoms with Crippen LogP contribution < -0.4 is 4.74 Å². The Morgan fingerprint density at radius 1 is 1.19 bits per heavy atom. The number of hydrogen-bond donors (Lipinski definition) is 0. The van der Waals surface area contributed by atoms with Crippen molar-refractivity contribution < 1.29 is 14.5 Å². The third-order valence-corrected chi connectivity index (χ3v) is 3.44. The predicted molar refractivity (Wildman–Crippen MR) is 79.3 cm³/mol. The van der Waals surface area contributed by atoms with Crippen LogP contribution in [0, 0.1) is 10.1 Å². The molecule has 2 rings (SSSR count). The molecule has 0 radical (unpaired) electrons. The van der Waals surface area contributed by atoms with Gasteiger partial charge in [0, 0.05) is 17.7 Å². The second-order valence-corrected chi connectivity index (χ2v) is 4.91. The Kier molecular flexibility index (Phi) is 4.77. The van der Waals surface area contributed by atoms with Gasteiger partial charge in [-0.1, -0.05) is 29.3 Å². The molecule has 0 atom stereocenters. The van der Waals surface area contributed by atoms with Crippen molar-refractivity contribution in [2.45, 2.75) is 6.61 Å². The molecule has 0 aromatic heterocycles. The minimum Gasteiger partial charge on any atom is -0.488 e. The number of halogens is 2. The van der Waals surface area contributed by atoms with Gasteiger partial charge in [-0.05, 0) is 18.2 Å². The molecule has 0 bridgehead atoms. The summed E-state index contributed by atoms with van der Waals surface area (Å²) in [7, 11) is 0. The fourth-order valence-corrected chi connectivity index (χ4v) is 2.12. The SMILES string of the molecule is O=Cc1c(Cl)cccc1OCc1ccc([N+](=O)[O-])cc1Cl. The molecule has 108 valence electrons. The van der Waals surface area contributed by atoms with Crippen molar-refractivity contribution in [3.8, 4) is 5.75 Å². The molecule has 0 saturated carbocycles. The minimum absolute atomic E-state index is 0.0675. The minimum atomic E-state index is -0.530. The van der Waals surface area contributed by atoms with Gasteiger partial charge in [0.25, 0.3) is 5.69 Å². The van der Waals surface area contributed by atoms with Gasteiger partial charge in [0.1, 0.15) is 12.4 Å². The third-order valence-electron chi connectivity index (χ3n) is 2.76. The van der Waals surface area contributed by atoms with Gasteiger partial charge in [0.05, 0.1) is 20.5 Å². The van der Waals surface area contributed by atoms with Gasteiger partial charge < -0.3 is 4.74 Å². The molecule has 7 heteroatoms. The monoisotopic (exact) mass is 325 g/mol. The summed E-state index contributed by atoms with van der Waals surface area (Å²) < 4.78 is 5.51. The number of nitro benzene ring substituents is 1. The van der Waals surface area contributed by atoms with E-state index in [0.717, 1.165) is 0 Å². The highest BCUT2D eigenvalue weighted by Gasteiger charge is 2.11. The van der Waals surface area contributed by atoms with E-state index in [1.54, 1.807) is 18.2 Å². The molecule has 2 aromatic rings. The molecule has 0 fully saturated rings. The molecule has 2 aromatic carbocycles. The predicted octanol–water partition coefficient (Wildman–Crippen LogP) is 4.29. The number of hydrogen-bond acceptors (Lipinski definition) is 4. The third kappa shape index (κ3) is 3.51. The van der Waals surface area contributed by atoms with Crippen molar-refractivity contribution in [2.75, 3.05) is 0 Å². The molecule has 0 amide bonds. The second-order valence-electron chi connectivity index (χ2n) is 4.09. The smallest absolute Gasteiger partial charge is 0.270 e. The van der Waals surface area contributed by atoms with Crippen molar-refractivity contribution in [3.63, 3.8) is 0 Å². The molecule has 0 unspecified atom stereocenters. The van der Waals surface area contributed by atoms with Crippen LogP contribution in [0.4, 0.5) is 5.69 Å². The first-order chi connectivity index (χ1) is 10.0. The van der Waals surface area contributed by atoms with Crippen LogP contribution in [0.2, 0.25) is 10.0 Å². The lowest BCUT2D eigenvalue weighted by molar-refractivity contribution is -0.384. The fourth-order valence-electron chi connectivity index (χ4n) is 1.68. The Labute approximate surface area is 130 Å². The summed E-state index contributed by atoms with van der Waals surface area (Å²) in [5.41, 5.74) is 0.719. The number of carbonyl (C=O) groups is 1. The van der Waals surface area contributed by atoms with Gasteiger partial charge >= 0.3 is 0 Å². The van der Waals surface area contributed by atoms with Crippen LogP contribution in [-0.2, 0) is 6.61 Å². The average molecular weight is 326 g/mol. The zero-order valence-electron chi connectivity index (χ0n) is 10.6. The summed E-state index contributed by atoms with van der Waals surface area (Å²) in [6, 6.07) is 8.93. The lowest BCUT2D eigenvalue weighted by Crippen LogP contribution is -2.00. The number of non-ortho nitro benzene ring substituents is 1. The Morgan fingerprint density at radius 3 is 2.57 bits per heavy atom. The zero-order chi connectivity index (χ0) is 15.4. The molecule has 0 aliphatic heterocycles. The van der Waals surface area contributed by atoms with Gasteiger partial charge in [-0.15, -0.1) is 0 Å². The van der Waals surface area contributed by atoms with Crippen molar-refractivity contribution in [2.24, 2.45) is 0 Å².